The normalized spacial score (nSPS) is 18.9. The van der Waals surface area contributed by atoms with Crippen molar-refractivity contribution < 1.29 is 14.4 Å². The number of aromatic nitrogens is 2. The maximum Gasteiger partial charge on any atom is 0.328 e. The summed E-state index contributed by atoms with van der Waals surface area (Å²) in [6.07, 6.45) is 3.54. The van der Waals surface area contributed by atoms with Crippen LogP contribution in [0, 0.1) is 0 Å². The molecule has 0 spiro atoms. The van der Waals surface area contributed by atoms with Crippen molar-refractivity contribution in [3.05, 3.63) is 39.2 Å². The third-order valence-electron chi connectivity index (χ3n) is 5.22. The number of nitrogens with zero attached hydrogens (tertiary/aromatic N) is 4. The minimum Gasteiger partial charge on any atom is -0.341 e. The van der Waals surface area contributed by atoms with Gasteiger partial charge < -0.3 is 4.90 Å². The number of likely N-dealkylation sites (tertiary alicyclic amines) is 1. The molecule has 2 aliphatic rings. The Morgan fingerprint density at radius 2 is 1.75 bits per heavy atom. The summed E-state index contributed by atoms with van der Waals surface area (Å²) in [6, 6.07) is 5.41. The largest absolute Gasteiger partial charge is 0.341 e. The number of hydrogen-bond acceptors (Lipinski definition) is 5. The van der Waals surface area contributed by atoms with E-state index in [0.29, 0.717) is 18.7 Å². The monoisotopic (exact) mass is 400 g/mol. The highest BCUT2D eigenvalue weighted by Gasteiger charge is 2.37. The lowest BCUT2D eigenvalue weighted by Gasteiger charge is -2.18. The molecular weight excluding hydrogens is 380 g/mol. The molecular formula is C19H20N4O4S. The highest BCUT2D eigenvalue weighted by molar-refractivity contribution is 8.18. The fourth-order valence-electron chi connectivity index (χ4n) is 3.60. The second-order valence-corrected chi connectivity index (χ2v) is 8.00. The average Bonchev–Trinajstić information content (AvgIpc) is 3.35. The van der Waals surface area contributed by atoms with E-state index in [1.165, 1.54) is 4.57 Å². The smallest absolute Gasteiger partial charge is 0.328 e. The highest BCUT2D eigenvalue weighted by Crippen LogP contribution is 2.32. The van der Waals surface area contributed by atoms with Gasteiger partial charge in [-0.25, -0.2) is 4.79 Å². The molecule has 3 heterocycles. The fraction of sp³-hybridized carbons (Fsp3) is 0.368. The van der Waals surface area contributed by atoms with Gasteiger partial charge in [0.15, 0.2) is 0 Å². The fourth-order valence-corrected chi connectivity index (χ4v) is 4.44. The molecule has 9 heteroatoms. The van der Waals surface area contributed by atoms with Crippen LogP contribution in [0.25, 0.3) is 17.1 Å². The van der Waals surface area contributed by atoms with Gasteiger partial charge >= 0.3 is 5.69 Å². The summed E-state index contributed by atoms with van der Waals surface area (Å²) in [6.45, 7) is 1.15. The van der Waals surface area contributed by atoms with Gasteiger partial charge in [0.05, 0.1) is 15.9 Å². The van der Waals surface area contributed by atoms with E-state index in [-0.39, 0.29) is 23.0 Å². The molecule has 8 nitrogen and oxygen atoms in total. The van der Waals surface area contributed by atoms with E-state index in [4.69, 9.17) is 0 Å². The second-order valence-electron chi connectivity index (χ2n) is 7.00. The van der Waals surface area contributed by atoms with Crippen LogP contribution in [0.2, 0.25) is 0 Å². The topological polar surface area (TPSA) is 84.6 Å². The van der Waals surface area contributed by atoms with Crippen molar-refractivity contribution in [2.45, 2.75) is 12.8 Å². The van der Waals surface area contributed by atoms with E-state index in [1.54, 1.807) is 41.8 Å². The van der Waals surface area contributed by atoms with Crippen LogP contribution in [0.3, 0.4) is 0 Å². The summed E-state index contributed by atoms with van der Waals surface area (Å²) in [7, 11) is 3.39. The molecule has 3 amide bonds. The van der Waals surface area contributed by atoms with E-state index in [9.17, 15) is 19.2 Å². The average molecular weight is 400 g/mol. The number of imidazole rings is 1. The molecule has 4 rings (SSSR count). The van der Waals surface area contributed by atoms with Crippen molar-refractivity contribution >= 4 is 45.9 Å². The van der Waals surface area contributed by atoms with Crippen molar-refractivity contribution in [2.75, 3.05) is 19.6 Å². The van der Waals surface area contributed by atoms with E-state index < -0.39 is 11.1 Å². The van der Waals surface area contributed by atoms with Crippen LogP contribution in [-0.2, 0) is 23.7 Å². The summed E-state index contributed by atoms with van der Waals surface area (Å²) >= 11 is 0.833. The standard InChI is InChI=1S/C19H20N4O4S/c1-20-13-6-5-12(9-14(13)21(2)18(20)26)10-15-17(25)23(19(27)28-15)11-16(24)22-7-3-4-8-22/h5-6,9-10H,3-4,7-8,11H2,1-2H3/b15-10+. The number of rotatable bonds is 3. The Labute approximate surface area is 165 Å². The molecule has 146 valence electrons. The Bertz CT molecular complexity index is 1090. The summed E-state index contributed by atoms with van der Waals surface area (Å²) in [5.74, 6) is -0.647. The Kier molecular flexibility index (Phi) is 4.62. The van der Waals surface area contributed by atoms with Crippen LogP contribution in [0.5, 0.6) is 0 Å². The first-order chi connectivity index (χ1) is 13.4. The first-order valence-electron chi connectivity index (χ1n) is 9.05. The first kappa shape index (κ1) is 18.5. The summed E-state index contributed by atoms with van der Waals surface area (Å²) in [5.41, 5.74) is 2.11. The number of hydrogen-bond donors (Lipinski definition) is 0. The van der Waals surface area contributed by atoms with Crippen LogP contribution >= 0.6 is 11.8 Å². The molecule has 0 N–H and O–H groups in total. The van der Waals surface area contributed by atoms with Gasteiger partial charge in [-0.15, -0.1) is 0 Å². The summed E-state index contributed by atoms with van der Waals surface area (Å²) in [4.78, 5) is 52.2. The molecule has 0 aliphatic carbocycles. The zero-order chi connectivity index (χ0) is 20.0. The van der Waals surface area contributed by atoms with Crippen LogP contribution in [0.1, 0.15) is 18.4 Å². The molecule has 1 aromatic carbocycles. The highest BCUT2D eigenvalue weighted by atomic mass is 32.2. The lowest BCUT2D eigenvalue weighted by molar-refractivity contribution is -0.135. The number of imide groups is 1. The second kappa shape index (κ2) is 6.97. The Morgan fingerprint density at radius 3 is 2.46 bits per heavy atom. The van der Waals surface area contributed by atoms with E-state index in [0.717, 1.165) is 40.5 Å². The number of carbonyl (C=O) groups is 3. The van der Waals surface area contributed by atoms with E-state index >= 15 is 0 Å². The maximum atomic E-state index is 12.6. The van der Waals surface area contributed by atoms with Gasteiger partial charge in [0.1, 0.15) is 6.54 Å². The number of thioether (sulfide) groups is 1. The number of carbonyl (C=O) groups excluding carboxylic acids is 3. The van der Waals surface area contributed by atoms with Crippen molar-refractivity contribution in [3.63, 3.8) is 0 Å². The summed E-state index contributed by atoms with van der Waals surface area (Å²) in [5, 5.41) is -0.433. The van der Waals surface area contributed by atoms with Gasteiger partial charge in [-0.05, 0) is 48.4 Å². The zero-order valence-corrected chi connectivity index (χ0v) is 16.5. The van der Waals surface area contributed by atoms with Crippen LogP contribution in [0.15, 0.2) is 27.9 Å². The Balaban J connectivity index is 1.58. The maximum absolute atomic E-state index is 12.6. The van der Waals surface area contributed by atoms with Crippen LogP contribution in [0.4, 0.5) is 4.79 Å². The lowest BCUT2D eigenvalue weighted by Crippen LogP contribution is -2.40. The Hall–Kier alpha value is -2.81. The minimum atomic E-state index is -0.454. The third-order valence-corrected chi connectivity index (χ3v) is 6.13. The van der Waals surface area contributed by atoms with Gasteiger partial charge in [-0.2, -0.15) is 0 Å². The quantitative estimate of drug-likeness (QED) is 0.730. The Morgan fingerprint density at radius 1 is 1.07 bits per heavy atom. The number of benzene rings is 1. The van der Waals surface area contributed by atoms with Gasteiger partial charge in [0.25, 0.3) is 11.1 Å². The van der Waals surface area contributed by atoms with Gasteiger partial charge in [0.2, 0.25) is 5.91 Å². The van der Waals surface area contributed by atoms with Gasteiger partial charge in [-0.3, -0.25) is 28.4 Å². The zero-order valence-electron chi connectivity index (χ0n) is 15.7. The molecule has 2 aromatic rings. The predicted octanol–water partition coefficient (Wildman–Crippen LogP) is 1.54. The predicted molar refractivity (Wildman–Crippen MR) is 107 cm³/mol. The number of aryl methyl sites for hydroxylation is 2. The first-order valence-corrected chi connectivity index (χ1v) is 9.87. The van der Waals surface area contributed by atoms with Crippen molar-refractivity contribution in [2.24, 2.45) is 14.1 Å². The van der Waals surface area contributed by atoms with E-state index in [1.807, 2.05) is 6.07 Å². The third kappa shape index (κ3) is 3.05. The molecule has 0 unspecified atom stereocenters. The minimum absolute atomic E-state index is 0.132. The molecule has 2 aliphatic heterocycles. The van der Waals surface area contributed by atoms with Crippen molar-refractivity contribution in [3.8, 4) is 0 Å². The number of fused-ring (bicyclic) bond motifs is 1. The van der Waals surface area contributed by atoms with E-state index in [2.05, 4.69) is 0 Å². The molecule has 28 heavy (non-hydrogen) atoms. The number of amides is 3. The van der Waals surface area contributed by atoms with Crippen molar-refractivity contribution in [1.29, 1.82) is 0 Å². The van der Waals surface area contributed by atoms with Crippen LogP contribution in [-0.4, -0.2) is 55.6 Å². The molecule has 2 fully saturated rings. The molecule has 2 saturated heterocycles. The molecule has 0 radical (unpaired) electrons. The molecule has 0 saturated carbocycles. The molecule has 1 aromatic heterocycles. The summed E-state index contributed by atoms with van der Waals surface area (Å²) < 4.78 is 3.09. The lowest BCUT2D eigenvalue weighted by atomic mass is 10.2. The van der Waals surface area contributed by atoms with Gasteiger partial charge in [0, 0.05) is 27.2 Å². The molecule has 0 bridgehead atoms. The van der Waals surface area contributed by atoms with Crippen LogP contribution < -0.4 is 5.69 Å². The SMILES string of the molecule is Cn1c(=O)n(C)c2cc(/C=C3/SC(=O)N(CC(=O)N4CCCC4)C3=O)ccc21. The van der Waals surface area contributed by atoms with Gasteiger partial charge in [-0.1, -0.05) is 6.07 Å². The molecule has 0 atom stereocenters. The van der Waals surface area contributed by atoms with Crippen molar-refractivity contribution in [1.82, 2.24) is 18.9 Å².